The van der Waals surface area contributed by atoms with Crippen LogP contribution in [-0.2, 0) is 10.7 Å². The smallest absolute Gasteiger partial charge is 0.207 e. The highest BCUT2D eigenvalue weighted by Crippen LogP contribution is 2.45. The van der Waals surface area contributed by atoms with Gasteiger partial charge in [-0.1, -0.05) is 59.6 Å². The third-order valence-electron chi connectivity index (χ3n) is 4.74. The third-order valence-corrected chi connectivity index (χ3v) is 7.33. The van der Waals surface area contributed by atoms with Crippen LogP contribution in [0.1, 0.15) is 30.0 Å². The maximum atomic E-state index is 12.5. The first-order valence-corrected chi connectivity index (χ1v) is 11.8. The summed E-state index contributed by atoms with van der Waals surface area (Å²) in [7, 11) is -3.45. The fourth-order valence-corrected chi connectivity index (χ4v) is 5.29. The average molecular weight is 428 g/mol. The van der Waals surface area contributed by atoms with Gasteiger partial charge in [-0.2, -0.15) is 0 Å². The van der Waals surface area contributed by atoms with E-state index in [1.54, 1.807) is 6.07 Å². The second kappa shape index (κ2) is 9.09. The molecule has 1 aliphatic rings. The van der Waals surface area contributed by atoms with Crippen molar-refractivity contribution in [2.45, 2.75) is 31.1 Å². The van der Waals surface area contributed by atoms with Gasteiger partial charge in [0.1, 0.15) is 0 Å². The number of halogens is 2. The highest BCUT2D eigenvalue weighted by Gasteiger charge is 2.33. The van der Waals surface area contributed by atoms with E-state index in [1.165, 1.54) is 0 Å². The average Bonchev–Trinajstić information content (AvgIpc) is 3.43. The molecule has 0 spiro atoms. The molecule has 2 unspecified atom stereocenters. The molecule has 3 atom stereocenters. The summed E-state index contributed by atoms with van der Waals surface area (Å²) in [6, 6.07) is 14.8. The molecule has 0 aliphatic heterocycles. The van der Waals surface area contributed by atoms with Crippen LogP contribution in [0, 0.1) is 5.92 Å². The van der Waals surface area contributed by atoms with Crippen molar-refractivity contribution in [2.75, 3.05) is 12.7 Å². The van der Waals surface area contributed by atoms with Crippen LogP contribution in [0.5, 0.6) is 0 Å². The molecule has 3 N–H and O–H groups in total. The van der Waals surface area contributed by atoms with E-state index in [0.29, 0.717) is 16.0 Å². The fourth-order valence-electron chi connectivity index (χ4n) is 3.28. The molecule has 0 heterocycles. The fraction of sp³-hybridized carbons (Fsp3) is 0.400. The number of hydrogen-bond acceptors (Lipinski definition) is 3. The summed E-state index contributed by atoms with van der Waals surface area (Å²) in [5.74, 6) is 0.486. The highest BCUT2D eigenvalue weighted by molar-refractivity contribution is 7.57. The van der Waals surface area contributed by atoms with Gasteiger partial charge >= 0.3 is 0 Å². The standard InChI is InChI=1S/C20H24Cl2NO3P/c21-18-9-8-16(10-19(18)22)20(15-6-7-15)23-11-17(24)13-27(25,26)12-14-4-2-1-3-5-14/h1-5,8-10,15,17,20,23-24H,6-7,11-13H2,(H,25,26)/t17-,20?/m0/s1. The van der Waals surface area contributed by atoms with Crippen LogP contribution in [0.15, 0.2) is 48.5 Å². The molecule has 0 radical (unpaired) electrons. The zero-order valence-electron chi connectivity index (χ0n) is 14.9. The molecule has 1 aliphatic carbocycles. The number of nitrogens with one attached hydrogen (secondary N) is 1. The lowest BCUT2D eigenvalue weighted by Gasteiger charge is -2.22. The van der Waals surface area contributed by atoms with Crippen LogP contribution < -0.4 is 5.32 Å². The number of rotatable bonds is 9. The zero-order chi connectivity index (χ0) is 19.4. The van der Waals surface area contributed by atoms with Crippen molar-refractivity contribution < 1.29 is 14.6 Å². The Bertz CT molecular complexity index is 814. The molecule has 1 saturated carbocycles. The lowest BCUT2D eigenvalue weighted by atomic mass is 10.0. The lowest BCUT2D eigenvalue weighted by molar-refractivity contribution is 0.183. The van der Waals surface area contributed by atoms with Crippen LogP contribution >= 0.6 is 30.6 Å². The summed E-state index contributed by atoms with van der Waals surface area (Å²) in [4.78, 5) is 10.2. The highest BCUT2D eigenvalue weighted by atomic mass is 35.5. The summed E-state index contributed by atoms with van der Waals surface area (Å²) >= 11 is 12.1. The molecule has 4 nitrogen and oxygen atoms in total. The Labute approximate surface area is 170 Å². The second-order valence-corrected chi connectivity index (χ2v) is 10.4. The van der Waals surface area contributed by atoms with E-state index in [0.717, 1.165) is 24.0 Å². The molecule has 0 amide bonds. The first-order valence-electron chi connectivity index (χ1n) is 9.05. The minimum atomic E-state index is -3.45. The summed E-state index contributed by atoms with van der Waals surface area (Å²) < 4.78 is 12.5. The van der Waals surface area contributed by atoms with E-state index < -0.39 is 13.5 Å². The Morgan fingerprint density at radius 2 is 1.81 bits per heavy atom. The Hall–Kier alpha value is -0.870. The van der Waals surface area contributed by atoms with Crippen LogP contribution in [0.3, 0.4) is 0 Å². The van der Waals surface area contributed by atoms with E-state index in [-0.39, 0.29) is 24.9 Å². The molecule has 7 heteroatoms. The van der Waals surface area contributed by atoms with Gasteiger partial charge in [0, 0.05) is 18.7 Å². The lowest BCUT2D eigenvalue weighted by Crippen LogP contribution is -2.33. The van der Waals surface area contributed by atoms with Crippen LogP contribution in [0.25, 0.3) is 0 Å². The van der Waals surface area contributed by atoms with E-state index in [4.69, 9.17) is 23.2 Å². The predicted octanol–water partition coefficient (Wildman–Crippen LogP) is 4.87. The van der Waals surface area contributed by atoms with Gasteiger partial charge in [0.15, 0.2) is 0 Å². The zero-order valence-corrected chi connectivity index (χ0v) is 17.3. The van der Waals surface area contributed by atoms with Crippen molar-refractivity contribution in [1.82, 2.24) is 5.32 Å². The van der Waals surface area contributed by atoms with Gasteiger partial charge in [0.25, 0.3) is 0 Å². The van der Waals surface area contributed by atoms with Gasteiger partial charge in [-0.15, -0.1) is 0 Å². The molecular formula is C20H24Cl2NO3P. The first-order chi connectivity index (χ1) is 12.8. The molecule has 0 aromatic heterocycles. The van der Waals surface area contributed by atoms with E-state index in [1.807, 2.05) is 42.5 Å². The van der Waals surface area contributed by atoms with Gasteiger partial charge in [-0.05, 0) is 42.0 Å². The van der Waals surface area contributed by atoms with Crippen molar-refractivity contribution >= 4 is 30.6 Å². The van der Waals surface area contributed by atoms with Gasteiger partial charge in [0.2, 0.25) is 7.37 Å². The summed E-state index contributed by atoms with van der Waals surface area (Å²) in [5.41, 5.74) is 1.82. The van der Waals surface area contributed by atoms with E-state index in [9.17, 15) is 14.6 Å². The first kappa shape index (κ1) is 20.9. The van der Waals surface area contributed by atoms with Gasteiger partial charge in [0.05, 0.1) is 22.3 Å². The minimum Gasteiger partial charge on any atom is -0.391 e. The molecule has 2 aromatic carbocycles. The molecule has 1 fully saturated rings. The number of hydrogen-bond donors (Lipinski definition) is 3. The Morgan fingerprint density at radius 1 is 1.11 bits per heavy atom. The minimum absolute atomic E-state index is 0.0571. The SMILES string of the molecule is O=P(O)(Cc1ccccc1)C[C@@H](O)CNC(c1ccc(Cl)c(Cl)c1)C1CC1. The van der Waals surface area contributed by atoms with Crippen molar-refractivity contribution in [3.05, 3.63) is 69.7 Å². The molecule has 27 heavy (non-hydrogen) atoms. The Kier molecular flexibility index (Phi) is 7.02. The Balaban J connectivity index is 1.57. The van der Waals surface area contributed by atoms with Crippen LogP contribution in [-0.4, -0.2) is 28.8 Å². The molecule has 0 saturated heterocycles. The molecule has 3 rings (SSSR count). The maximum Gasteiger partial charge on any atom is 0.207 e. The van der Waals surface area contributed by atoms with Crippen molar-refractivity contribution in [3.63, 3.8) is 0 Å². The summed E-state index contributed by atoms with van der Waals surface area (Å²) in [6.07, 6.45) is 1.27. The third kappa shape index (κ3) is 6.32. The maximum absolute atomic E-state index is 12.5. The van der Waals surface area contributed by atoms with Gasteiger partial charge < -0.3 is 15.3 Å². The topological polar surface area (TPSA) is 69.6 Å². The van der Waals surface area contributed by atoms with Gasteiger partial charge in [-0.25, -0.2) is 0 Å². The monoisotopic (exact) mass is 427 g/mol. The quantitative estimate of drug-likeness (QED) is 0.499. The predicted molar refractivity (Wildman–Crippen MR) is 111 cm³/mol. The van der Waals surface area contributed by atoms with Crippen LogP contribution in [0.4, 0.5) is 0 Å². The van der Waals surface area contributed by atoms with Crippen molar-refractivity contribution in [1.29, 1.82) is 0 Å². The second-order valence-electron chi connectivity index (χ2n) is 7.22. The molecule has 146 valence electrons. The summed E-state index contributed by atoms with van der Waals surface area (Å²) in [6.45, 7) is 0.251. The largest absolute Gasteiger partial charge is 0.391 e. The van der Waals surface area contributed by atoms with E-state index >= 15 is 0 Å². The normalized spacial score (nSPS) is 18.7. The van der Waals surface area contributed by atoms with Crippen molar-refractivity contribution in [2.24, 2.45) is 5.92 Å². The van der Waals surface area contributed by atoms with E-state index in [2.05, 4.69) is 5.32 Å². The number of aliphatic hydroxyl groups is 1. The van der Waals surface area contributed by atoms with Crippen LogP contribution in [0.2, 0.25) is 10.0 Å². The number of benzene rings is 2. The Morgan fingerprint density at radius 3 is 2.44 bits per heavy atom. The summed E-state index contributed by atoms with van der Waals surface area (Å²) in [5, 5.41) is 14.7. The van der Waals surface area contributed by atoms with Crippen molar-refractivity contribution in [3.8, 4) is 0 Å². The number of aliphatic hydroxyl groups excluding tert-OH is 1. The van der Waals surface area contributed by atoms with Gasteiger partial charge in [-0.3, -0.25) is 4.57 Å². The molecule has 0 bridgehead atoms. The molecule has 2 aromatic rings. The molecular weight excluding hydrogens is 404 g/mol.